The van der Waals surface area contributed by atoms with E-state index in [9.17, 15) is 4.39 Å². The Morgan fingerprint density at radius 3 is 3.05 bits per heavy atom. The van der Waals surface area contributed by atoms with Crippen LogP contribution in [0.15, 0.2) is 22.7 Å². The lowest BCUT2D eigenvalue weighted by Gasteiger charge is -2.36. The molecule has 3 rings (SSSR count). The zero-order chi connectivity index (χ0) is 15.5. The van der Waals surface area contributed by atoms with E-state index in [1.165, 1.54) is 12.1 Å². The zero-order valence-corrected chi connectivity index (χ0v) is 14.6. The third-order valence-corrected chi connectivity index (χ3v) is 5.68. The van der Waals surface area contributed by atoms with E-state index in [-0.39, 0.29) is 5.82 Å². The molecule has 1 saturated heterocycles. The third-order valence-electron chi connectivity index (χ3n) is 4.39. The lowest BCUT2D eigenvalue weighted by molar-refractivity contribution is 0.194. The van der Waals surface area contributed by atoms with Crippen LogP contribution in [0.1, 0.15) is 37.3 Å². The van der Waals surface area contributed by atoms with Gasteiger partial charge in [0.2, 0.25) is 0 Å². The first kappa shape index (κ1) is 16.1. The van der Waals surface area contributed by atoms with Crippen molar-refractivity contribution in [3.05, 3.63) is 29.7 Å². The Bertz CT molecular complexity index is 633. The summed E-state index contributed by atoms with van der Waals surface area (Å²) >= 11 is 2.52. The van der Waals surface area contributed by atoms with Gasteiger partial charge in [-0.15, -0.1) is 0 Å². The first-order valence-corrected chi connectivity index (χ1v) is 9.06. The average molecular weight is 417 g/mol. The van der Waals surface area contributed by atoms with Gasteiger partial charge in [0, 0.05) is 17.4 Å². The molecule has 0 aliphatic carbocycles. The van der Waals surface area contributed by atoms with Gasteiger partial charge in [-0.25, -0.2) is 4.39 Å². The van der Waals surface area contributed by atoms with Gasteiger partial charge in [0.1, 0.15) is 5.82 Å². The molecule has 2 unspecified atom stereocenters. The van der Waals surface area contributed by atoms with Crippen LogP contribution < -0.4 is 5.73 Å². The van der Waals surface area contributed by atoms with E-state index in [2.05, 4.69) is 32.6 Å². The molecule has 2 atom stereocenters. The average Bonchev–Trinajstić information content (AvgIpc) is 2.92. The molecular weight excluding hydrogens is 396 g/mol. The predicted molar refractivity (Wildman–Crippen MR) is 93.6 cm³/mol. The number of aromatic nitrogens is 1. The number of rotatable bonds is 5. The van der Waals surface area contributed by atoms with Crippen LogP contribution in [0.4, 0.5) is 4.39 Å². The van der Waals surface area contributed by atoms with E-state index in [1.807, 2.05) is 0 Å². The Hall–Kier alpha value is -0.730. The second-order valence-corrected chi connectivity index (χ2v) is 7.33. The molecule has 0 amide bonds. The molecule has 1 aromatic carbocycles. The quantitative estimate of drug-likeness (QED) is 0.349. The van der Waals surface area contributed by atoms with Crippen molar-refractivity contribution in [2.24, 2.45) is 5.73 Å². The molecule has 2 heterocycles. The first-order valence-electron chi connectivity index (χ1n) is 7.82. The molecule has 0 bridgehead atoms. The Kier molecular flexibility index (Phi) is 5.30. The lowest BCUT2D eigenvalue weighted by atomic mass is 9.91. The normalized spacial score (nSPS) is 23.2. The summed E-state index contributed by atoms with van der Waals surface area (Å²) in [5, 5.41) is 5.17. The Labute approximate surface area is 143 Å². The van der Waals surface area contributed by atoms with Crippen molar-refractivity contribution in [1.82, 2.24) is 10.1 Å². The van der Waals surface area contributed by atoms with E-state index >= 15 is 0 Å². The minimum absolute atomic E-state index is 0.281. The van der Waals surface area contributed by atoms with Gasteiger partial charge < -0.3 is 10.3 Å². The second kappa shape index (κ2) is 7.23. The van der Waals surface area contributed by atoms with Crippen molar-refractivity contribution in [1.29, 1.82) is 0 Å². The lowest BCUT2D eigenvalue weighted by Crippen LogP contribution is -2.39. The summed E-state index contributed by atoms with van der Waals surface area (Å²) in [6.45, 7) is 2.95. The number of unbranched alkanes of at least 4 members (excludes halogenated alkanes) is 1. The SMILES string of the molecule is NCCCCN1CCC(c2noc3cc(F)ccc23)CC1I. The number of halogens is 2. The van der Waals surface area contributed by atoms with Crippen LogP contribution in [-0.4, -0.2) is 33.7 Å². The van der Waals surface area contributed by atoms with Crippen molar-refractivity contribution in [2.45, 2.75) is 35.6 Å². The topological polar surface area (TPSA) is 55.3 Å². The van der Waals surface area contributed by atoms with E-state index in [4.69, 9.17) is 10.3 Å². The predicted octanol–water partition coefficient (Wildman–Crippen LogP) is 3.65. The Morgan fingerprint density at radius 2 is 2.27 bits per heavy atom. The molecule has 1 aromatic heterocycles. The minimum atomic E-state index is -0.281. The molecule has 0 saturated carbocycles. The molecule has 0 radical (unpaired) electrons. The summed E-state index contributed by atoms with van der Waals surface area (Å²) in [5.74, 6) is 0.107. The maximum atomic E-state index is 13.2. The molecule has 22 heavy (non-hydrogen) atoms. The number of benzene rings is 1. The highest BCUT2D eigenvalue weighted by Gasteiger charge is 2.30. The molecule has 1 fully saturated rings. The molecule has 6 heteroatoms. The van der Waals surface area contributed by atoms with Gasteiger partial charge in [0.05, 0.1) is 9.74 Å². The number of hydrogen-bond donors (Lipinski definition) is 1. The summed E-state index contributed by atoms with van der Waals surface area (Å²) in [6.07, 6.45) is 4.37. The molecule has 1 aliphatic heterocycles. The highest BCUT2D eigenvalue weighted by Crippen LogP contribution is 2.37. The first-order chi connectivity index (χ1) is 10.7. The number of nitrogens with two attached hydrogens (primary N) is 1. The summed E-state index contributed by atoms with van der Waals surface area (Å²) in [4.78, 5) is 2.52. The highest BCUT2D eigenvalue weighted by atomic mass is 127. The molecule has 4 nitrogen and oxygen atoms in total. The second-order valence-electron chi connectivity index (χ2n) is 5.90. The maximum Gasteiger partial charge on any atom is 0.170 e. The van der Waals surface area contributed by atoms with Crippen LogP contribution in [0.5, 0.6) is 0 Å². The van der Waals surface area contributed by atoms with Crippen molar-refractivity contribution in [3.63, 3.8) is 0 Å². The standard InChI is InChI=1S/C16H21FIN3O/c17-12-3-4-13-14(10-12)22-20-16(13)11-5-8-21(15(18)9-11)7-2-1-6-19/h3-4,10-11,15H,1-2,5-9,19H2. The largest absolute Gasteiger partial charge is 0.356 e. The molecule has 0 spiro atoms. The van der Waals surface area contributed by atoms with Crippen LogP contribution in [0.3, 0.4) is 0 Å². The molecular formula is C16H21FIN3O. The van der Waals surface area contributed by atoms with Crippen LogP contribution >= 0.6 is 22.6 Å². The Balaban J connectivity index is 1.69. The number of fused-ring (bicyclic) bond motifs is 1. The van der Waals surface area contributed by atoms with Gasteiger partial charge in [-0.1, -0.05) is 27.7 Å². The van der Waals surface area contributed by atoms with Crippen LogP contribution in [-0.2, 0) is 0 Å². The monoisotopic (exact) mass is 417 g/mol. The van der Waals surface area contributed by atoms with Crippen molar-refractivity contribution < 1.29 is 8.91 Å². The summed E-state index contributed by atoms with van der Waals surface area (Å²) in [7, 11) is 0. The minimum Gasteiger partial charge on any atom is -0.356 e. The molecule has 2 aromatic rings. The summed E-state index contributed by atoms with van der Waals surface area (Å²) in [5.41, 5.74) is 7.09. The summed E-state index contributed by atoms with van der Waals surface area (Å²) < 4.78 is 19.1. The smallest absolute Gasteiger partial charge is 0.170 e. The van der Waals surface area contributed by atoms with Gasteiger partial charge in [-0.3, -0.25) is 4.90 Å². The van der Waals surface area contributed by atoms with Gasteiger partial charge in [-0.05, 0) is 57.5 Å². The number of alkyl halides is 1. The number of hydrogen-bond acceptors (Lipinski definition) is 4. The maximum absolute atomic E-state index is 13.2. The fraction of sp³-hybridized carbons (Fsp3) is 0.562. The van der Waals surface area contributed by atoms with Crippen LogP contribution in [0.25, 0.3) is 11.0 Å². The van der Waals surface area contributed by atoms with E-state index in [0.717, 1.165) is 56.4 Å². The van der Waals surface area contributed by atoms with Crippen molar-refractivity contribution in [2.75, 3.05) is 19.6 Å². The van der Waals surface area contributed by atoms with Crippen molar-refractivity contribution >= 4 is 33.6 Å². The zero-order valence-electron chi connectivity index (χ0n) is 12.5. The number of piperidine rings is 1. The molecule has 2 N–H and O–H groups in total. The summed E-state index contributed by atoms with van der Waals surface area (Å²) in [6, 6.07) is 4.67. The van der Waals surface area contributed by atoms with Gasteiger partial charge >= 0.3 is 0 Å². The van der Waals surface area contributed by atoms with E-state index in [1.54, 1.807) is 6.07 Å². The fourth-order valence-electron chi connectivity index (χ4n) is 3.15. The number of nitrogens with zero attached hydrogens (tertiary/aromatic N) is 2. The van der Waals surface area contributed by atoms with Crippen molar-refractivity contribution in [3.8, 4) is 0 Å². The van der Waals surface area contributed by atoms with Crippen LogP contribution in [0.2, 0.25) is 0 Å². The molecule has 120 valence electrons. The van der Waals surface area contributed by atoms with Gasteiger partial charge in [0.15, 0.2) is 5.58 Å². The van der Waals surface area contributed by atoms with Gasteiger partial charge in [0.25, 0.3) is 0 Å². The fourth-order valence-corrected chi connectivity index (χ4v) is 4.32. The van der Waals surface area contributed by atoms with Crippen LogP contribution in [0, 0.1) is 5.82 Å². The van der Waals surface area contributed by atoms with E-state index < -0.39 is 0 Å². The Morgan fingerprint density at radius 1 is 1.41 bits per heavy atom. The highest BCUT2D eigenvalue weighted by molar-refractivity contribution is 14.1. The molecule has 1 aliphatic rings. The number of likely N-dealkylation sites (tertiary alicyclic amines) is 1. The third kappa shape index (κ3) is 3.44. The van der Waals surface area contributed by atoms with E-state index in [0.29, 0.717) is 15.5 Å². The van der Waals surface area contributed by atoms with Gasteiger partial charge in [-0.2, -0.15) is 0 Å².